The van der Waals surface area contributed by atoms with Crippen LogP contribution >= 0.6 is 0 Å². The summed E-state index contributed by atoms with van der Waals surface area (Å²) in [7, 11) is -18.8. The van der Waals surface area contributed by atoms with Crippen LogP contribution in [-0.4, -0.2) is 24.6 Å². The van der Waals surface area contributed by atoms with Crippen LogP contribution in [0.4, 0.5) is 11.7 Å². The number of halogens is 3. The standard InChI is InChI=1S/C7H5F3O6S3/c8-17(11,12)7(18(9,13)14)19(10,15)16-6-4-2-1-3-5-6/h1-5H. The van der Waals surface area contributed by atoms with Gasteiger partial charge in [0.25, 0.3) is 0 Å². The first-order valence-electron chi connectivity index (χ1n) is 4.19. The lowest BCUT2D eigenvalue weighted by Crippen LogP contribution is -2.27. The molecule has 0 amide bonds. The Hall–Kier alpha value is -1.27. The predicted octanol–water partition coefficient (Wildman–Crippen LogP) is 0.835. The molecule has 1 rings (SSSR count). The number of hydrogen-bond acceptors (Lipinski definition) is 6. The molecule has 1 aromatic carbocycles. The Morgan fingerprint density at radius 2 is 1.26 bits per heavy atom. The van der Waals surface area contributed by atoms with Gasteiger partial charge in [0.05, 0.1) is 0 Å². The van der Waals surface area contributed by atoms with Crippen molar-refractivity contribution in [3.05, 3.63) is 30.3 Å². The monoisotopic (exact) mass is 338 g/mol. The van der Waals surface area contributed by atoms with Crippen LogP contribution in [0.25, 0.3) is 0 Å². The van der Waals surface area contributed by atoms with Gasteiger partial charge >= 0.3 is 34.2 Å². The summed E-state index contributed by atoms with van der Waals surface area (Å²) in [5, 5.41) is 0. The maximum atomic E-state index is 13.5. The van der Waals surface area contributed by atoms with E-state index in [9.17, 15) is 32.7 Å². The minimum Gasteiger partial charge on any atom is -0.385 e. The van der Waals surface area contributed by atoms with Gasteiger partial charge in [0.2, 0.25) is 0 Å². The SMILES string of the molecule is O=S(=O)(F)C(S(=O)(=O)F)=S(=O)(F)Oc1ccccc1. The van der Waals surface area contributed by atoms with E-state index in [0.29, 0.717) is 0 Å². The lowest BCUT2D eigenvalue weighted by Gasteiger charge is -2.06. The van der Waals surface area contributed by atoms with Crippen molar-refractivity contribution in [2.24, 2.45) is 0 Å². The molecule has 0 saturated carbocycles. The van der Waals surface area contributed by atoms with E-state index in [2.05, 4.69) is 4.18 Å². The molecule has 0 saturated heterocycles. The van der Waals surface area contributed by atoms with Gasteiger partial charge in [-0.05, 0) is 12.1 Å². The molecule has 0 radical (unpaired) electrons. The minimum atomic E-state index is -6.42. The molecule has 0 aromatic heterocycles. The number of benzene rings is 1. The van der Waals surface area contributed by atoms with Crippen molar-refractivity contribution in [1.82, 2.24) is 0 Å². The molecule has 1 aromatic rings. The molecule has 0 heterocycles. The van der Waals surface area contributed by atoms with Crippen molar-refractivity contribution in [3.63, 3.8) is 0 Å². The molecule has 108 valence electrons. The fraction of sp³-hybridized carbons (Fsp3) is 0. The summed E-state index contributed by atoms with van der Waals surface area (Å²) in [5.74, 6) is -0.584. The fourth-order valence-corrected chi connectivity index (χ4v) is 4.47. The average molecular weight is 338 g/mol. The normalized spacial score (nSPS) is 15.5. The van der Waals surface area contributed by atoms with Gasteiger partial charge in [0.1, 0.15) is 5.75 Å². The largest absolute Gasteiger partial charge is 0.385 e. The Morgan fingerprint density at radius 1 is 0.842 bits per heavy atom. The van der Waals surface area contributed by atoms with Gasteiger partial charge in [-0.2, -0.15) is 21.0 Å². The summed E-state index contributed by atoms with van der Waals surface area (Å²) >= 11 is 0. The summed E-state index contributed by atoms with van der Waals surface area (Å²) in [6.45, 7) is 0. The third kappa shape index (κ3) is 4.11. The summed E-state index contributed by atoms with van der Waals surface area (Å²) in [4.78, 5) is 0. The molecular formula is C7H5F3O6S3. The van der Waals surface area contributed by atoms with E-state index in [4.69, 9.17) is 0 Å². The van der Waals surface area contributed by atoms with Crippen LogP contribution in [0.1, 0.15) is 0 Å². The zero-order chi connectivity index (χ0) is 14.9. The Morgan fingerprint density at radius 3 is 1.63 bits per heavy atom. The first-order chi connectivity index (χ1) is 8.44. The van der Waals surface area contributed by atoms with Gasteiger partial charge in [0, 0.05) is 0 Å². The van der Waals surface area contributed by atoms with Gasteiger partial charge in [0.15, 0.2) is 0 Å². The Labute approximate surface area is 107 Å². The molecule has 0 fully saturated rings. The van der Waals surface area contributed by atoms with E-state index in [-0.39, 0.29) is 0 Å². The molecule has 0 aliphatic carbocycles. The number of para-hydroxylation sites is 1. The van der Waals surface area contributed by atoms with E-state index in [1.165, 1.54) is 18.2 Å². The van der Waals surface area contributed by atoms with Gasteiger partial charge < -0.3 is 4.18 Å². The highest BCUT2D eigenvalue weighted by atomic mass is 32.3. The topological polar surface area (TPSA) is 94.6 Å². The van der Waals surface area contributed by atoms with Crippen LogP contribution in [-0.2, 0) is 30.6 Å². The zero-order valence-electron chi connectivity index (χ0n) is 8.69. The van der Waals surface area contributed by atoms with Crippen molar-refractivity contribution < 1.29 is 36.9 Å². The average Bonchev–Trinajstić information content (AvgIpc) is 2.11. The van der Waals surface area contributed by atoms with Crippen LogP contribution < -0.4 is 4.18 Å². The van der Waals surface area contributed by atoms with Gasteiger partial charge in [-0.3, -0.25) is 0 Å². The number of hydrogen-bond donors (Lipinski definition) is 0. The van der Waals surface area contributed by atoms with E-state index in [1.54, 1.807) is 0 Å². The second kappa shape index (κ2) is 5.02. The molecule has 12 heteroatoms. The van der Waals surface area contributed by atoms with Crippen molar-refractivity contribution in [2.45, 2.75) is 0 Å². The van der Waals surface area contributed by atoms with Crippen molar-refractivity contribution in [3.8, 4) is 5.75 Å². The Bertz CT molecular complexity index is 756. The quantitative estimate of drug-likeness (QED) is 0.586. The van der Waals surface area contributed by atoms with Crippen LogP contribution in [0.3, 0.4) is 0 Å². The highest BCUT2D eigenvalue weighted by Gasteiger charge is 2.41. The van der Waals surface area contributed by atoms with Gasteiger partial charge in [-0.1, -0.05) is 26.0 Å². The van der Waals surface area contributed by atoms with E-state index >= 15 is 0 Å². The molecule has 0 spiro atoms. The molecule has 0 aliphatic rings. The molecule has 0 N–H and O–H groups in total. The summed E-state index contributed by atoms with van der Waals surface area (Å²) in [6.07, 6.45) is 0. The second-order valence-electron chi connectivity index (χ2n) is 2.96. The smallest absolute Gasteiger partial charge is 0.360 e. The Balaban J connectivity index is 3.59. The number of rotatable bonds is 2. The van der Waals surface area contributed by atoms with Crippen LogP contribution in [0.15, 0.2) is 30.3 Å². The van der Waals surface area contributed by atoms with Gasteiger partial charge in [-0.15, -0.1) is 3.89 Å². The summed E-state index contributed by atoms with van der Waals surface area (Å²) < 4.78 is 92.2. The van der Waals surface area contributed by atoms with E-state index in [0.717, 1.165) is 12.1 Å². The van der Waals surface area contributed by atoms with Crippen molar-refractivity contribution in [2.75, 3.05) is 0 Å². The maximum absolute atomic E-state index is 13.5. The predicted molar refractivity (Wildman–Crippen MR) is 61.4 cm³/mol. The molecule has 0 bridgehead atoms. The van der Waals surface area contributed by atoms with Crippen LogP contribution in [0.5, 0.6) is 5.75 Å². The molecule has 1 unspecified atom stereocenters. The second-order valence-corrected chi connectivity index (χ2v) is 7.75. The van der Waals surface area contributed by atoms with Crippen molar-refractivity contribution >= 4 is 34.2 Å². The third-order valence-electron chi connectivity index (χ3n) is 1.54. The molecular weight excluding hydrogens is 333 g/mol. The minimum absolute atomic E-state index is 0.584. The maximum Gasteiger partial charge on any atom is 0.360 e. The van der Waals surface area contributed by atoms with Gasteiger partial charge in [-0.25, -0.2) is 0 Å². The zero-order valence-corrected chi connectivity index (χ0v) is 11.1. The summed E-state index contributed by atoms with van der Waals surface area (Å²) in [6, 6.07) is 5.81. The van der Waals surface area contributed by atoms with Crippen LogP contribution in [0.2, 0.25) is 0 Å². The molecule has 0 aliphatic heterocycles. The highest BCUT2D eigenvalue weighted by molar-refractivity contribution is 8.39. The Kier molecular flexibility index (Phi) is 4.17. The first-order valence-corrected chi connectivity index (χ1v) is 8.34. The lowest BCUT2D eigenvalue weighted by molar-refractivity contribution is 0.513. The molecule has 19 heavy (non-hydrogen) atoms. The van der Waals surface area contributed by atoms with Crippen LogP contribution in [0, 0.1) is 0 Å². The molecule has 6 nitrogen and oxygen atoms in total. The van der Waals surface area contributed by atoms with E-state index < -0.39 is 39.9 Å². The first kappa shape index (κ1) is 15.8. The third-order valence-corrected chi connectivity index (χ3v) is 6.73. The van der Waals surface area contributed by atoms with E-state index in [1.807, 2.05) is 0 Å². The van der Waals surface area contributed by atoms with Crippen molar-refractivity contribution in [1.29, 1.82) is 0 Å². The highest BCUT2D eigenvalue weighted by Crippen LogP contribution is 2.19. The fourth-order valence-electron chi connectivity index (χ4n) is 0.991. The lowest BCUT2D eigenvalue weighted by atomic mass is 10.3. The molecule has 1 atom stereocenters. The summed E-state index contributed by atoms with van der Waals surface area (Å²) in [5.41, 5.74) is 0.